The second-order valence-electron chi connectivity index (χ2n) is 4.27. The molecule has 1 aromatic carbocycles. The zero-order valence-electron chi connectivity index (χ0n) is 11.3. The van der Waals surface area contributed by atoms with Crippen LogP contribution >= 0.6 is 22.9 Å². The minimum absolute atomic E-state index is 0.0459. The maximum absolute atomic E-state index is 12.1. The van der Waals surface area contributed by atoms with E-state index in [0.29, 0.717) is 15.8 Å². The Labute approximate surface area is 127 Å². The summed E-state index contributed by atoms with van der Waals surface area (Å²) in [7, 11) is 1.62. The van der Waals surface area contributed by atoms with Crippen molar-refractivity contribution in [3.63, 3.8) is 0 Å². The molecule has 1 atom stereocenters. The minimum Gasteiger partial charge on any atom is -0.497 e. The van der Waals surface area contributed by atoms with Crippen molar-refractivity contribution in [2.24, 2.45) is 0 Å². The summed E-state index contributed by atoms with van der Waals surface area (Å²) >= 11 is 7.09. The van der Waals surface area contributed by atoms with Crippen LogP contribution in [-0.2, 0) is 11.3 Å². The second kappa shape index (κ2) is 6.88. The van der Waals surface area contributed by atoms with E-state index in [-0.39, 0.29) is 5.78 Å². The number of ketones is 1. The van der Waals surface area contributed by atoms with Gasteiger partial charge in [0, 0.05) is 0 Å². The molecule has 0 amide bonds. The SMILES string of the molecule is COc1ccc(COC(C)C(=O)c2ccc(Cl)s2)cc1. The third-order valence-electron chi connectivity index (χ3n) is 2.84. The van der Waals surface area contributed by atoms with E-state index in [1.54, 1.807) is 26.2 Å². The molecule has 1 aromatic heterocycles. The molecule has 20 heavy (non-hydrogen) atoms. The number of rotatable bonds is 6. The van der Waals surface area contributed by atoms with Crippen molar-refractivity contribution in [3.05, 3.63) is 51.2 Å². The lowest BCUT2D eigenvalue weighted by Gasteiger charge is -2.11. The Kier molecular flexibility index (Phi) is 5.17. The Morgan fingerprint density at radius 2 is 1.95 bits per heavy atom. The van der Waals surface area contributed by atoms with E-state index < -0.39 is 6.10 Å². The van der Waals surface area contributed by atoms with Gasteiger partial charge in [-0.1, -0.05) is 23.7 Å². The highest BCUT2D eigenvalue weighted by molar-refractivity contribution is 7.18. The van der Waals surface area contributed by atoms with Crippen LogP contribution in [0.15, 0.2) is 36.4 Å². The molecule has 0 spiro atoms. The predicted octanol–water partition coefficient (Wildman–Crippen LogP) is 4.20. The second-order valence-corrected chi connectivity index (χ2v) is 5.98. The summed E-state index contributed by atoms with van der Waals surface area (Å²) in [5, 5.41) is 0. The molecule has 5 heteroatoms. The fourth-order valence-electron chi connectivity index (χ4n) is 1.67. The number of Topliss-reactive ketones (excluding diaryl/α,β-unsaturated/α-hetero) is 1. The Bertz CT molecular complexity index is 577. The Morgan fingerprint density at radius 1 is 1.25 bits per heavy atom. The Morgan fingerprint density at radius 3 is 2.50 bits per heavy atom. The minimum atomic E-state index is -0.494. The van der Waals surface area contributed by atoms with Gasteiger partial charge in [0.1, 0.15) is 11.9 Å². The van der Waals surface area contributed by atoms with E-state index in [9.17, 15) is 4.79 Å². The number of benzene rings is 1. The number of hydrogen-bond donors (Lipinski definition) is 0. The number of methoxy groups -OCH3 is 1. The first-order chi connectivity index (χ1) is 9.60. The molecule has 0 aliphatic carbocycles. The molecule has 0 radical (unpaired) electrons. The number of carbonyl (C=O) groups excluding carboxylic acids is 1. The van der Waals surface area contributed by atoms with E-state index in [1.807, 2.05) is 24.3 Å². The van der Waals surface area contributed by atoms with Crippen molar-refractivity contribution in [1.82, 2.24) is 0 Å². The normalized spacial score (nSPS) is 12.2. The molecule has 3 nitrogen and oxygen atoms in total. The number of hydrogen-bond acceptors (Lipinski definition) is 4. The van der Waals surface area contributed by atoms with Crippen molar-refractivity contribution in [3.8, 4) is 5.75 Å². The summed E-state index contributed by atoms with van der Waals surface area (Å²) in [4.78, 5) is 12.7. The lowest BCUT2D eigenvalue weighted by Crippen LogP contribution is -2.19. The van der Waals surface area contributed by atoms with Gasteiger partial charge in [-0.2, -0.15) is 0 Å². The van der Waals surface area contributed by atoms with Crippen LogP contribution in [0.2, 0.25) is 4.34 Å². The van der Waals surface area contributed by atoms with Crippen molar-refractivity contribution in [2.45, 2.75) is 19.6 Å². The van der Waals surface area contributed by atoms with Crippen LogP contribution in [0.4, 0.5) is 0 Å². The van der Waals surface area contributed by atoms with Gasteiger partial charge in [0.2, 0.25) is 5.78 Å². The quantitative estimate of drug-likeness (QED) is 0.750. The van der Waals surface area contributed by atoms with Gasteiger partial charge in [-0.25, -0.2) is 0 Å². The van der Waals surface area contributed by atoms with Crippen molar-refractivity contribution in [1.29, 1.82) is 0 Å². The molecule has 0 fully saturated rings. The van der Waals surface area contributed by atoms with Crippen LogP contribution in [0.5, 0.6) is 5.75 Å². The van der Waals surface area contributed by atoms with Gasteiger partial charge >= 0.3 is 0 Å². The summed E-state index contributed by atoms with van der Waals surface area (Å²) < 4.78 is 11.3. The van der Waals surface area contributed by atoms with E-state index in [0.717, 1.165) is 11.3 Å². The van der Waals surface area contributed by atoms with Crippen LogP contribution in [-0.4, -0.2) is 19.0 Å². The van der Waals surface area contributed by atoms with Gasteiger partial charge in [-0.15, -0.1) is 11.3 Å². The fraction of sp³-hybridized carbons (Fsp3) is 0.267. The monoisotopic (exact) mass is 310 g/mol. The van der Waals surface area contributed by atoms with Gasteiger partial charge in [-0.3, -0.25) is 4.79 Å². The topological polar surface area (TPSA) is 35.5 Å². The Hall–Kier alpha value is -1.36. The van der Waals surface area contributed by atoms with Crippen molar-refractivity contribution in [2.75, 3.05) is 7.11 Å². The van der Waals surface area contributed by atoms with Crippen molar-refractivity contribution >= 4 is 28.7 Å². The Balaban J connectivity index is 1.91. The molecule has 2 rings (SSSR count). The largest absolute Gasteiger partial charge is 0.497 e. The van der Waals surface area contributed by atoms with Crippen LogP contribution in [0.3, 0.4) is 0 Å². The fourth-order valence-corrected chi connectivity index (χ4v) is 2.73. The van der Waals surface area contributed by atoms with Gasteiger partial charge in [-0.05, 0) is 36.8 Å². The number of ether oxygens (including phenoxy) is 2. The standard InChI is InChI=1S/C15H15ClO3S/c1-10(15(17)13-7-8-14(16)20-13)19-9-11-3-5-12(18-2)6-4-11/h3-8,10H,9H2,1-2H3. The lowest BCUT2D eigenvalue weighted by molar-refractivity contribution is 0.0416. The first-order valence-corrected chi connectivity index (χ1v) is 7.33. The average molecular weight is 311 g/mol. The summed E-state index contributed by atoms with van der Waals surface area (Å²) in [6, 6.07) is 11.0. The molecular formula is C15H15ClO3S. The highest BCUT2D eigenvalue weighted by atomic mass is 35.5. The molecule has 0 aliphatic rings. The van der Waals surface area contributed by atoms with Crippen molar-refractivity contribution < 1.29 is 14.3 Å². The molecule has 2 aromatic rings. The molecule has 0 bridgehead atoms. The van der Waals surface area contributed by atoms with E-state index >= 15 is 0 Å². The number of thiophene rings is 1. The lowest BCUT2D eigenvalue weighted by atomic mass is 10.2. The third kappa shape index (κ3) is 3.82. The number of halogens is 1. The molecule has 1 heterocycles. The van der Waals surface area contributed by atoms with E-state index in [4.69, 9.17) is 21.1 Å². The highest BCUT2D eigenvalue weighted by Crippen LogP contribution is 2.23. The highest BCUT2D eigenvalue weighted by Gasteiger charge is 2.17. The first kappa shape index (κ1) is 15.0. The van der Waals surface area contributed by atoms with Crippen LogP contribution < -0.4 is 4.74 Å². The average Bonchev–Trinajstić information content (AvgIpc) is 2.91. The van der Waals surface area contributed by atoms with Gasteiger partial charge in [0.15, 0.2) is 0 Å². The van der Waals surface area contributed by atoms with Crippen LogP contribution in [0.1, 0.15) is 22.2 Å². The summed E-state index contributed by atoms with van der Waals surface area (Å²) in [5.74, 6) is 0.751. The van der Waals surface area contributed by atoms with E-state index in [1.165, 1.54) is 11.3 Å². The molecular weight excluding hydrogens is 296 g/mol. The van der Waals surface area contributed by atoms with Gasteiger partial charge in [0.25, 0.3) is 0 Å². The summed E-state index contributed by atoms with van der Waals surface area (Å²) in [5.41, 5.74) is 0.995. The maximum Gasteiger partial charge on any atom is 0.201 e. The van der Waals surface area contributed by atoms with E-state index in [2.05, 4.69) is 0 Å². The molecule has 0 saturated heterocycles. The van der Waals surface area contributed by atoms with Crippen LogP contribution in [0, 0.1) is 0 Å². The third-order valence-corrected chi connectivity index (χ3v) is 4.09. The molecule has 1 unspecified atom stereocenters. The molecule has 106 valence electrons. The smallest absolute Gasteiger partial charge is 0.201 e. The first-order valence-electron chi connectivity index (χ1n) is 6.14. The molecule has 0 saturated carbocycles. The van der Waals surface area contributed by atoms with Gasteiger partial charge in [0.05, 0.1) is 22.9 Å². The predicted molar refractivity (Wildman–Crippen MR) is 80.9 cm³/mol. The van der Waals surface area contributed by atoms with Gasteiger partial charge < -0.3 is 9.47 Å². The summed E-state index contributed by atoms with van der Waals surface area (Å²) in [6.07, 6.45) is -0.494. The summed E-state index contributed by atoms with van der Waals surface area (Å²) in [6.45, 7) is 2.13. The van der Waals surface area contributed by atoms with Crippen LogP contribution in [0.25, 0.3) is 0 Å². The zero-order valence-corrected chi connectivity index (χ0v) is 12.8. The number of carbonyl (C=O) groups is 1. The zero-order chi connectivity index (χ0) is 14.5. The molecule has 0 N–H and O–H groups in total. The maximum atomic E-state index is 12.1. The molecule has 0 aliphatic heterocycles.